The van der Waals surface area contributed by atoms with Crippen LogP contribution in [-0.2, 0) is 11.2 Å². The number of amides is 1. The van der Waals surface area contributed by atoms with Crippen LogP contribution in [0.25, 0.3) is 0 Å². The smallest absolute Gasteiger partial charge is 0.447 e. The van der Waals surface area contributed by atoms with E-state index in [1.54, 1.807) is 0 Å². The van der Waals surface area contributed by atoms with Gasteiger partial charge < -0.3 is 10.4 Å². The molecule has 144 valence electrons. The molecule has 0 aliphatic heterocycles. The molecule has 2 N–H and O–H groups in total. The minimum Gasteiger partial charge on any atom is -0.481 e. The number of pyridine rings is 1. The summed E-state index contributed by atoms with van der Waals surface area (Å²) in [7, 11) is 0. The molecule has 1 aromatic carbocycles. The van der Waals surface area contributed by atoms with Crippen LogP contribution >= 0.6 is 11.8 Å². The van der Waals surface area contributed by atoms with E-state index in [1.165, 1.54) is 18.3 Å². The SMILES string of the molecule is O=C(O)CCC(Cc1ccccc1)NC(=O)c1cccnc1SC(F)(F)F. The molecular weight excluding hydrogens is 381 g/mol. The van der Waals surface area contributed by atoms with Crippen LogP contribution < -0.4 is 5.32 Å². The Morgan fingerprint density at radius 3 is 2.48 bits per heavy atom. The van der Waals surface area contributed by atoms with Crippen molar-refractivity contribution in [3.8, 4) is 0 Å². The summed E-state index contributed by atoms with van der Waals surface area (Å²) in [6.07, 6.45) is 1.52. The van der Waals surface area contributed by atoms with Gasteiger partial charge >= 0.3 is 11.5 Å². The number of benzene rings is 1. The van der Waals surface area contributed by atoms with Crippen LogP contribution in [0.5, 0.6) is 0 Å². The molecule has 2 aromatic rings. The first kappa shape index (κ1) is 20.8. The summed E-state index contributed by atoms with van der Waals surface area (Å²) >= 11 is -0.461. The van der Waals surface area contributed by atoms with E-state index >= 15 is 0 Å². The topological polar surface area (TPSA) is 79.3 Å². The largest absolute Gasteiger partial charge is 0.481 e. The third-order valence-electron chi connectivity index (χ3n) is 3.59. The van der Waals surface area contributed by atoms with Crippen LogP contribution in [0.1, 0.15) is 28.8 Å². The zero-order chi connectivity index (χ0) is 19.9. The van der Waals surface area contributed by atoms with Crippen LogP contribution in [-0.4, -0.2) is 33.5 Å². The van der Waals surface area contributed by atoms with Crippen molar-refractivity contribution in [1.29, 1.82) is 0 Å². The molecule has 2 rings (SSSR count). The number of thioether (sulfide) groups is 1. The molecule has 0 radical (unpaired) electrons. The van der Waals surface area contributed by atoms with Gasteiger partial charge in [-0.3, -0.25) is 9.59 Å². The van der Waals surface area contributed by atoms with Gasteiger partial charge in [-0.1, -0.05) is 30.3 Å². The Morgan fingerprint density at radius 2 is 1.85 bits per heavy atom. The van der Waals surface area contributed by atoms with Gasteiger partial charge in [-0.2, -0.15) is 13.2 Å². The number of halogens is 3. The average Bonchev–Trinajstić information content (AvgIpc) is 2.59. The summed E-state index contributed by atoms with van der Waals surface area (Å²) in [5.74, 6) is -1.74. The van der Waals surface area contributed by atoms with Crippen molar-refractivity contribution in [2.75, 3.05) is 0 Å². The molecule has 1 aromatic heterocycles. The van der Waals surface area contributed by atoms with Gasteiger partial charge in [0.1, 0.15) is 5.03 Å². The number of carbonyl (C=O) groups is 2. The Kier molecular flexibility index (Phi) is 7.23. The van der Waals surface area contributed by atoms with Gasteiger partial charge in [0.05, 0.1) is 5.56 Å². The van der Waals surface area contributed by atoms with Crippen LogP contribution in [0.2, 0.25) is 0 Å². The van der Waals surface area contributed by atoms with E-state index in [1.807, 2.05) is 30.3 Å². The Bertz CT molecular complexity index is 785. The number of hydrogen-bond acceptors (Lipinski definition) is 4. The molecule has 9 heteroatoms. The van der Waals surface area contributed by atoms with E-state index in [2.05, 4.69) is 10.3 Å². The third kappa shape index (κ3) is 7.30. The van der Waals surface area contributed by atoms with Crippen molar-refractivity contribution in [1.82, 2.24) is 10.3 Å². The fourth-order valence-corrected chi connectivity index (χ4v) is 3.04. The first-order chi connectivity index (χ1) is 12.7. The first-order valence-corrected chi connectivity index (χ1v) is 8.83. The number of carboxylic acids is 1. The minimum atomic E-state index is -4.57. The molecule has 27 heavy (non-hydrogen) atoms. The van der Waals surface area contributed by atoms with Crippen molar-refractivity contribution >= 4 is 23.6 Å². The monoisotopic (exact) mass is 398 g/mol. The van der Waals surface area contributed by atoms with Gasteiger partial charge in [0.2, 0.25) is 0 Å². The molecule has 1 unspecified atom stereocenters. The summed E-state index contributed by atoms with van der Waals surface area (Å²) in [4.78, 5) is 27.0. The molecule has 0 bridgehead atoms. The normalized spacial score (nSPS) is 12.4. The third-order valence-corrected chi connectivity index (χ3v) is 4.35. The van der Waals surface area contributed by atoms with E-state index in [0.29, 0.717) is 6.42 Å². The lowest BCUT2D eigenvalue weighted by Gasteiger charge is -2.19. The summed E-state index contributed by atoms with van der Waals surface area (Å²) in [6.45, 7) is 0. The highest BCUT2D eigenvalue weighted by Gasteiger charge is 2.32. The van der Waals surface area contributed by atoms with Crippen molar-refractivity contribution < 1.29 is 27.9 Å². The van der Waals surface area contributed by atoms with Gasteiger partial charge in [0.25, 0.3) is 5.91 Å². The minimum absolute atomic E-state index is 0.151. The second kappa shape index (κ2) is 9.40. The molecule has 0 saturated carbocycles. The van der Waals surface area contributed by atoms with Gasteiger partial charge in [-0.25, -0.2) is 4.98 Å². The molecule has 1 heterocycles. The highest BCUT2D eigenvalue weighted by molar-refractivity contribution is 8.00. The van der Waals surface area contributed by atoms with E-state index in [-0.39, 0.29) is 18.4 Å². The predicted molar refractivity (Wildman–Crippen MR) is 94.4 cm³/mol. The number of nitrogens with one attached hydrogen (secondary N) is 1. The molecule has 0 spiro atoms. The number of carboxylic acid groups (broad SMARTS) is 1. The number of nitrogens with zero attached hydrogens (tertiary/aromatic N) is 1. The zero-order valence-corrected chi connectivity index (χ0v) is 14.9. The van der Waals surface area contributed by atoms with Gasteiger partial charge in [-0.05, 0) is 30.5 Å². The maximum atomic E-state index is 12.7. The fraction of sp³-hybridized carbons (Fsp3) is 0.278. The fourth-order valence-electron chi connectivity index (χ4n) is 2.44. The van der Waals surface area contributed by atoms with E-state index in [4.69, 9.17) is 5.11 Å². The standard InChI is InChI=1S/C18H17F3N2O3S/c19-18(20,21)27-17-14(7-4-10-22-17)16(26)23-13(8-9-15(24)25)11-12-5-2-1-3-6-12/h1-7,10,13H,8-9,11H2,(H,23,26)(H,24,25). The molecule has 0 fully saturated rings. The number of aromatic nitrogens is 1. The van der Waals surface area contributed by atoms with E-state index in [9.17, 15) is 22.8 Å². The molecular formula is C18H17F3N2O3S. The number of carbonyl (C=O) groups excluding carboxylic acids is 1. The lowest BCUT2D eigenvalue weighted by atomic mass is 10.0. The number of aliphatic carboxylic acids is 1. The van der Waals surface area contributed by atoms with Crippen LogP contribution in [0.4, 0.5) is 13.2 Å². The predicted octanol–water partition coefficient (Wildman–Crippen LogP) is 3.90. The van der Waals surface area contributed by atoms with Gasteiger partial charge in [0, 0.05) is 30.4 Å². The van der Waals surface area contributed by atoms with Crippen LogP contribution in [0, 0.1) is 0 Å². The summed E-state index contributed by atoms with van der Waals surface area (Å²) in [5.41, 5.74) is -3.90. The molecule has 5 nitrogen and oxygen atoms in total. The highest BCUT2D eigenvalue weighted by atomic mass is 32.2. The van der Waals surface area contributed by atoms with Gasteiger partial charge in [0.15, 0.2) is 0 Å². The molecule has 0 saturated heterocycles. The Hall–Kier alpha value is -2.55. The highest BCUT2D eigenvalue weighted by Crippen LogP contribution is 2.37. The lowest BCUT2D eigenvalue weighted by molar-refractivity contribution is -0.137. The van der Waals surface area contributed by atoms with Gasteiger partial charge in [-0.15, -0.1) is 0 Å². The van der Waals surface area contributed by atoms with E-state index < -0.39 is 40.2 Å². The second-order valence-corrected chi connectivity index (χ2v) is 6.75. The van der Waals surface area contributed by atoms with Crippen molar-refractivity contribution in [2.24, 2.45) is 0 Å². The number of rotatable bonds is 8. The summed E-state index contributed by atoms with van der Waals surface area (Å²) < 4.78 is 38.0. The first-order valence-electron chi connectivity index (χ1n) is 8.02. The maximum Gasteiger partial charge on any atom is 0.447 e. The average molecular weight is 398 g/mol. The number of hydrogen-bond donors (Lipinski definition) is 2. The Balaban J connectivity index is 2.16. The summed E-state index contributed by atoms with van der Waals surface area (Å²) in [5, 5.41) is 11.1. The molecule has 1 amide bonds. The molecule has 0 aliphatic rings. The Morgan fingerprint density at radius 1 is 1.15 bits per heavy atom. The Labute approximate surface area is 158 Å². The van der Waals surface area contributed by atoms with Crippen molar-refractivity contribution in [3.05, 3.63) is 59.8 Å². The molecule has 0 aliphatic carbocycles. The quantitative estimate of drug-likeness (QED) is 0.660. The maximum absolute atomic E-state index is 12.7. The van der Waals surface area contributed by atoms with E-state index in [0.717, 1.165) is 5.56 Å². The van der Waals surface area contributed by atoms with Crippen LogP contribution in [0.3, 0.4) is 0 Å². The number of alkyl halides is 3. The van der Waals surface area contributed by atoms with Crippen molar-refractivity contribution in [2.45, 2.75) is 35.8 Å². The molecule has 1 atom stereocenters. The van der Waals surface area contributed by atoms with Crippen molar-refractivity contribution in [3.63, 3.8) is 0 Å². The zero-order valence-electron chi connectivity index (χ0n) is 14.1. The lowest BCUT2D eigenvalue weighted by Crippen LogP contribution is -2.37. The second-order valence-electron chi connectivity index (χ2n) is 5.70. The summed E-state index contributed by atoms with van der Waals surface area (Å²) in [6, 6.07) is 11.2. The van der Waals surface area contributed by atoms with Crippen LogP contribution in [0.15, 0.2) is 53.7 Å².